The lowest BCUT2D eigenvalue weighted by Crippen LogP contribution is -2.18. The van der Waals surface area contributed by atoms with E-state index in [9.17, 15) is 9.50 Å². The quantitative estimate of drug-likeness (QED) is 0.785. The molecule has 0 aliphatic heterocycles. The average molecular weight is 196 g/mol. The molecule has 0 unspecified atom stereocenters. The zero-order chi connectivity index (χ0) is 10.6. The molecule has 14 heavy (non-hydrogen) atoms. The summed E-state index contributed by atoms with van der Waals surface area (Å²) in [5.74, 6) is -0.150. The highest BCUT2D eigenvalue weighted by molar-refractivity contribution is 5.17. The van der Waals surface area contributed by atoms with E-state index in [2.05, 4.69) is 0 Å². The van der Waals surface area contributed by atoms with Gasteiger partial charge in [0.05, 0.1) is 5.60 Å². The first-order valence-electron chi connectivity index (χ1n) is 4.95. The van der Waals surface area contributed by atoms with Gasteiger partial charge in [0.2, 0.25) is 0 Å². The van der Waals surface area contributed by atoms with Crippen molar-refractivity contribution < 1.29 is 9.50 Å². The molecule has 0 aliphatic rings. The van der Waals surface area contributed by atoms with E-state index in [1.54, 1.807) is 26.0 Å². The van der Waals surface area contributed by atoms with Crippen LogP contribution < -0.4 is 0 Å². The Morgan fingerprint density at radius 1 is 1.29 bits per heavy atom. The highest BCUT2D eigenvalue weighted by Crippen LogP contribution is 2.15. The zero-order valence-corrected chi connectivity index (χ0v) is 8.76. The average Bonchev–Trinajstić information content (AvgIpc) is 2.06. The molecule has 1 N–H and O–H groups in total. The molecule has 0 spiro atoms. The summed E-state index contributed by atoms with van der Waals surface area (Å²) >= 11 is 0. The van der Waals surface area contributed by atoms with Crippen molar-refractivity contribution in [2.75, 3.05) is 0 Å². The Hall–Kier alpha value is -0.890. The van der Waals surface area contributed by atoms with Gasteiger partial charge in [-0.2, -0.15) is 0 Å². The van der Waals surface area contributed by atoms with E-state index in [0.29, 0.717) is 12.8 Å². The second-order valence-corrected chi connectivity index (χ2v) is 4.26. The van der Waals surface area contributed by atoms with E-state index in [-0.39, 0.29) is 5.82 Å². The Morgan fingerprint density at radius 2 is 1.93 bits per heavy atom. The SMILES string of the molecule is CC(C)(O)CCCc1ccccc1F. The topological polar surface area (TPSA) is 20.2 Å². The third-order valence-electron chi connectivity index (χ3n) is 2.19. The van der Waals surface area contributed by atoms with Gasteiger partial charge in [-0.25, -0.2) is 4.39 Å². The van der Waals surface area contributed by atoms with Gasteiger partial charge in [0.15, 0.2) is 0 Å². The van der Waals surface area contributed by atoms with Crippen molar-refractivity contribution in [1.29, 1.82) is 0 Å². The molecule has 0 fully saturated rings. The van der Waals surface area contributed by atoms with Crippen molar-refractivity contribution in [3.63, 3.8) is 0 Å². The van der Waals surface area contributed by atoms with Crippen LogP contribution in [0.15, 0.2) is 24.3 Å². The molecule has 0 saturated carbocycles. The van der Waals surface area contributed by atoms with Gasteiger partial charge in [-0.1, -0.05) is 18.2 Å². The van der Waals surface area contributed by atoms with E-state index in [1.165, 1.54) is 6.07 Å². The Labute approximate surface area is 84.6 Å². The van der Waals surface area contributed by atoms with Crippen molar-refractivity contribution in [3.8, 4) is 0 Å². The molecule has 1 nitrogen and oxygen atoms in total. The lowest BCUT2D eigenvalue weighted by atomic mass is 9.99. The number of rotatable bonds is 4. The van der Waals surface area contributed by atoms with Gasteiger partial charge < -0.3 is 5.11 Å². The summed E-state index contributed by atoms with van der Waals surface area (Å²) < 4.78 is 13.1. The number of hydrogen-bond acceptors (Lipinski definition) is 1. The maximum absolute atomic E-state index is 13.1. The second kappa shape index (κ2) is 4.56. The maximum atomic E-state index is 13.1. The predicted octanol–water partition coefficient (Wildman–Crippen LogP) is 2.92. The molecule has 1 rings (SSSR count). The fourth-order valence-corrected chi connectivity index (χ4v) is 1.41. The summed E-state index contributed by atoms with van der Waals surface area (Å²) in [4.78, 5) is 0. The summed E-state index contributed by atoms with van der Waals surface area (Å²) in [6.45, 7) is 3.54. The van der Waals surface area contributed by atoms with Crippen LogP contribution >= 0.6 is 0 Å². The van der Waals surface area contributed by atoms with Crippen molar-refractivity contribution in [1.82, 2.24) is 0 Å². The summed E-state index contributed by atoms with van der Waals surface area (Å²) in [7, 11) is 0. The molecule has 0 bridgehead atoms. The van der Waals surface area contributed by atoms with Crippen molar-refractivity contribution in [3.05, 3.63) is 35.6 Å². The smallest absolute Gasteiger partial charge is 0.126 e. The zero-order valence-electron chi connectivity index (χ0n) is 8.76. The van der Waals surface area contributed by atoms with Crippen LogP contribution in [0.3, 0.4) is 0 Å². The molecule has 0 aromatic heterocycles. The molecule has 1 aromatic carbocycles. The molecule has 0 saturated heterocycles. The minimum atomic E-state index is -0.648. The first kappa shape index (κ1) is 11.2. The van der Waals surface area contributed by atoms with Crippen LogP contribution in [0.2, 0.25) is 0 Å². The first-order chi connectivity index (χ1) is 6.49. The summed E-state index contributed by atoms with van der Waals surface area (Å²) in [5, 5.41) is 9.47. The number of aliphatic hydroxyl groups is 1. The van der Waals surface area contributed by atoms with Crippen LogP contribution in [0.1, 0.15) is 32.3 Å². The Balaban J connectivity index is 2.43. The highest BCUT2D eigenvalue weighted by Gasteiger charge is 2.11. The maximum Gasteiger partial charge on any atom is 0.126 e. The predicted molar refractivity (Wildman–Crippen MR) is 55.6 cm³/mol. The van der Waals surface area contributed by atoms with E-state index in [1.807, 2.05) is 6.07 Å². The summed E-state index contributed by atoms with van der Waals surface area (Å²) in [6, 6.07) is 6.79. The Kier molecular flexibility index (Phi) is 3.64. The van der Waals surface area contributed by atoms with Crippen LogP contribution in [0.5, 0.6) is 0 Å². The standard InChI is InChI=1S/C12H17FO/c1-12(2,14)9-5-7-10-6-3-4-8-11(10)13/h3-4,6,8,14H,5,7,9H2,1-2H3. The van der Waals surface area contributed by atoms with Crippen LogP contribution in [-0.2, 0) is 6.42 Å². The van der Waals surface area contributed by atoms with E-state index in [4.69, 9.17) is 0 Å². The molecule has 2 heteroatoms. The molecule has 0 aliphatic carbocycles. The van der Waals surface area contributed by atoms with E-state index >= 15 is 0 Å². The lowest BCUT2D eigenvalue weighted by Gasteiger charge is -2.16. The van der Waals surface area contributed by atoms with Crippen molar-refractivity contribution in [2.45, 2.75) is 38.7 Å². The van der Waals surface area contributed by atoms with Crippen LogP contribution in [0, 0.1) is 5.82 Å². The number of benzene rings is 1. The monoisotopic (exact) mass is 196 g/mol. The van der Waals surface area contributed by atoms with Gasteiger partial charge in [-0.3, -0.25) is 0 Å². The molecule has 78 valence electrons. The van der Waals surface area contributed by atoms with Gasteiger partial charge >= 0.3 is 0 Å². The number of aryl methyl sites for hydroxylation is 1. The van der Waals surface area contributed by atoms with Gasteiger partial charge in [-0.05, 0) is 44.7 Å². The minimum Gasteiger partial charge on any atom is -0.390 e. The molecule has 0 radical (unpaired) electrons. The third kappa shape index (κ3) is 3.88. The van der Waals surface area contributed by atoms with Gasteiger partial charge in [0, 0.05) is 0 Å². The van der Waals surface area contributed by atoms with Crippen molar-refractivity contribution in [2.24, 2.45) is 0 Å². The van der Waals surface area contributed by atoms with Crippen molar-refractivity contribution >= 4 is 0 Å². The van der Waals surface area contributed by atoms with Gasteiger partial charge in [0.25, 0.3) is 0 Å². The molecular formula is C12H17FO. The van der Waals surface area contributed by atoms with Gasteiger partial charge in [0.1, 0.15) is 5.82 Å². The van der Waals surface area contributed by atoms with E-state index in [0.717, 1.165) is 12.0 Å². The largest absolute Gasteiger partial charge is 0.390 e. The summed E-state index contributed by atoms with van der Waals surface area (Å²) in [5.41, 5.74) is 0.0855. The highest BCUT2D eigenvalue weighted by atomic mass is 19.1. The Morgan fingerprint density at radius 3 is 2.50 bits per heavy atom. The van der Waals surface area contributed by atoms with Crippen LogP contribution in [-0.4, -0.2) is 10.7 Å². The molecular weight excluding hydrogens is 179 g/mol. The third-order valence-corrected chi connectivity index (χ3v) is 2.19. The number of hydrogen-bond donors (Lipinski definition) is 1. The van der Waals surface area contributed by atoms with Crippen LogP contribution in [0.25, 0.3) is 0 Å². The fraction of sp³-hybridized carbons (Fsp3) is 0.500. The molecule has 0 amide bonds. The summed E-state index contributed by atoms with van der Waals surface area (Å²) in [6.07, 6.45) is 2.20. The minimum absolute atomic E-state index is 0.150. The molecule has 1 aromatic rings. The lowest BCUT2D eigenvalue weighted by molar-refractivity contribution is 0.0689. The van der Waals surface area contributed by atoms with Crippen LogP contribution in [0.4, 0.5) is 4.39 Å². The van der Waals surface area contributed by atoms with E-state index < -0.39 is 5.60 Å². The Bertz CT molecular complexity index is 289. The fourth-order valence-electron chi connectivity index (χ4n) is 1.41. The van der Waals surface area contributed by atoms with Gasteiger partial charge in [-0.15, -0.1) is 0 Å². The second-order valence-electron chi connectivity index (χ2n) is 4.26. The first-order valence-corrected chi connectivity index (χ1v) is 4.95. The molecule has 0 atom stereocenters. The number of halogens is 1. The molecule has 0 heterocycles. The normalized spacial score (nSPS) is 11.7.